The molecule has 0 saturated carbocycles. The van der Waals surface area contributed by atoms with Crippen LogP contribution in [-0.2, 0) is 11.8 Å². The number of nitrogens with zero attached hydrogens (tertiary/aromatic N) is 2. The fraction of sp³-hybridized carbons (Fsp3) is 0.143. The van der Waals surface area contributed by atoms with Gasteiger partial charge in [0, 0.05) is 18.3 Å². The zero-order valence-electron chi connectivity index (χ0n) is 10.3. The Kier molecular flexibility index (Phi) is 3.28. The summed E-state index contributed by atoms with van der Waals surface area (Å²) in [4.78, 5) is 11.3. The van der Waals surface area contributed by atoms with Gasteiger partial charge in [0.25, 0.3) is 0 Å². The lowest BCUT2D eigenvalue weighted by atomic mass is 10.0. The lowest BCUT2D eigenvalue weighted by Gasteiger charge is -2.02. The van der Waals surface area contributed by atoms with Gasteiger partial charge in [-0.2, -0.15) is 5.10 Å². The normalized spacial score (nSPS) is 11.6. The van der Waals surface area contributed by atoms with E-state index in [0.29, 0.717) is 5.56 Å². The summed E-state index contributed by atoms with van der Waals surface area (Å²) in [6, 6.07) is 9.07. The number of aromatic nitrogens is 2. The van der Waals surface area contributed by atoms with Crippen LogP contribution in [0.25, 0.3) is 11.6 Å². The molecule has 1 heterocycles. The first-order valence-electron chi connectivity index (χ1n) is 5.58. The van der Waals surface area contributed by atoms with Crippen LogP contribution in [0.1, 0.15) is 16.8 Å². The van der Waals surface area contributed by atoms with Crippen LogP contribution in [0.4, 0.5) is 0 Å². The highest BCUT2D eigenvalue weighted by molar-refractivity contribution is 6.20. The van der Waals surface area contributed by atoms with Crippen LogP contribution in [0, 0.1) is 6.92 Å². The number of aryl methyl sites for hydroxylation is 1. The van der Waals surface area contributed by atoms with E-state index in [9.17, 15) is 9.90 Å². The van der Waals surface area contributed by atoms with Gasteiger partial charge in [0.1, 0.15) is 0 Å². The van der Waals surface area contributed by atoms with Crippen LogP contribution in [0.5, 0.6) is 0 Å². The molecule has 0 amide bonds. The minimum Gasteiger partial charge on any atom is -0.478 e. The molecule has 92 valence electrons. The van der Waals surface area contributed by atoms with Crippen molar-refractivity contribution in [1.29, 1.82) is 0 Å². The van der Waals surface area contributed by atoms with Gasteiger partial charge in [-0.3, -0.25) is 4.68 Å². The third kappa shape index (κ3) is 2.32. The second kappa shape index (κ2) is 4.87. The number of rotatable bonds is 3. The zero-order chi connectivity index (χ0) is 13.1. The van der Waals surface area contributed by atoms with E-state index in [1.54, 1.807) is 29.1 Å². The van der Waals surface area contributed by atoms with Crippen molar-refractivity contribution in [3.05, 3.63) is 53.3 Å². The number of hydrogen-bond donors (Lipinski definition) is 1. The van der Waals surface area contributed by atoms with E-state index in [4.69, 9.17) is 0 Å². The average molecular weight is 242 g/mol. The number of aliphatic carboxylic acids is 1. The Labute approximate surface area is 105 Å². The van der Waals surface area contributed by atoms with Crippen LogP contribution in [0.15, 0.2) is 36.5 Å². The molecule has 4 nitrogen and oxygen atoms in total. The van der Waals surface area contributed by atoms with E-state index in [-0.39, 0.29) is 5.57 Å². The van der Waals surface area contributed by atoms with E-state index >= 15 is 0 Å². The molecule has 1 aromatic carbocycles. The summed E-state index contributed by atoms with van der Waals surface area (Å²) in [5.74, 6) is -0.940. The standard InChI is InChI=1S/C14H14N2O2/c1-10-12(9-15-16(10)2)8-13(14(17)18)11-6-4-3-5-7-11/h3-9H,1-2H3,(H,17,18). The van der Waals surface area contributed by atoms with Crippen molar-refractivity contribution in [3.8, 4) is 0 Å². The second-order valence-corrected chi connectivity index (χ2v) is 4.04. The fourth-order valence-electron chi connectivity index (χ4n) is 1.70. The minimum absolute atomic E-state index is 0.270. The first kappa shape index (κ1) is 12.1. The van der Waals surface area contributed by atoms with Gasteiger partial charge in [0.15, 0.2) is 0 Å². The van der Waals surface area contributed by atoms with Crippen molar-refractivity contribution in [2.75, 3.05) is 0 Å². The topological polar surface area (TPSA) is 55.1 Å². The van der Waals surface area contributed by atoms with Crippen molar-refractivity contribution in [2.45, 2.75) is 6.92 Å². The number of carboxylic acids is 1. The Morgan fingerprint density at radius 1 is 1.33 bits per heavy atom. The average Bonchev–Trinajstić information content (AvgIpc) is 2.68. The van der Waals surface area contributed by atoms with Gasteiger partial charge in [-0.05, 0) is 18.6 Å². The molecule has 0 saturated heterocycles. The van der Waals surface area contributed by atoms with Gasteiger partial charge in [-0.15, -0.1) is 0 Å². The molecule has 0 fully saturated rings. The maximum absolute atomic E-state index is 11.3. The first-order valence-corrected chi connectivity index (χ1v) is 5.58. The van der Waals surface area contributed by atoms with Crippen molar-refractivity contribution < 1.29 is 9.90 Å². The number of carbonyl (C=O) groups is 1. The SMILES string of the molecule is Cc1c(C=C(C(=O)O)c2ccccc2)cnn1C. The summed E-state index contributed by atoms with van der Waals surface area (Å²) in [6.45, 7) is 1.91. The molecule has 0 aliphatic rings. The Bertz CT molecular complexity index is 598. The van der Waals surface area contributed by atoms with Crippen molar-refractivity contribution in [2.24, 2.45) is 7.05 Å². The summed E-state index contributed by atoms with van der Waals surface area (Å²) >= 11 is 0. The highest BCUT2D eigenvalue weighted by Crippen LogP contribution is 2.19. The molecule has 0 aliphatic carbocycles. The van der Waals surface area contributed by atoms with E-state index in [1.807, 2.05) is 32.2 Å². The quantitative estimate of drug-likeness (QED) is 0.840. The third-order valence-electron chi connectivity index (χ3n) is 2.89. The Hall–Kier alpha value is -2.36. The molecule has 0 atom stereocenters. The molecule has 0 radical (unpaired) electrons. The summed E-state index contributed by atoms with van der Waals surface area (Å²) in [7, 11) is 1.83. The Morgan fingerprint density at radius 2 is 2.00 bits per heavy atom. The lowest BCUT2D eigenvalue weighted by Crippen LogP contribution is -1.99. The Morgan fingerprint density at radius 3 is 2.50 bits per heavy atom. The minimum atomic E-state index is -0.940. The molecule has 0 bridgehead atoms. The molecule has 0 aliphatic heterocycles. The molecule has 2 aromatic rings. The molecule has 18 heavy (non-hydrogen) atoms. The van der Waals surface area contributed by atoms with E-state index in [2.05, 4.69) is 5.10 Å². The van der Waals surface area contributed by atoms with Gasteiger partial charge in [0.2, 0.25) is 0 Å². The van der Waals surface area contributed by atoms with Crippen LogP contribution >= 0.6 is 0 Å². The summed E-state index contributed by atoms with van der Waals surface area (Å²) in [5, 5.41) is 13.4. The highest BCUT2D eigenvalue weighted by Gasteiger charge is 2.11. The third-order valence-corrected chi connectivity index (χ3v) is 2.89. The number of carboxylic acid groups (broad SMARTS) is 1. The molecular formula is C14H14N2O2. The maximum Gasteiger partial charge on any atom is 0.336 e. The van der Waals surface area contributed by atoms with E-state index < -0.39 is 5.97 Å². The predicted molar refractivity (Wildman–Crippen MR) is 69.9 cm³/mol. The van der Waals surface area contributed by atoms with E-state index in [0.717, 1.165) is 11.3 Å². The van der Waals surface area contributed by atoms with Crippen LogP contribution in [0.3, 0.4) is 0 Å². The summed E-state index contributed by atoms with van der Waals surface area (Å²) in [6.07, 6.45) is 3.32. The molecular weight excluding hydrogens is 228 g/mol. The van der Waals surface area contributed by atoms with Crippen molar-refractivity contribution in [3.63, 3.8) is 0 Å². The van der Waals surface area contributed by atoms with Crippen LogP contribution < -0.4 is 0 Å². The zero-order valence-corrected chi connectivity index (χ0v) is 10.3. The maximum atomic E-state index is 11.3. The summed E-state index contributed by atoms with van der Waals surface area (Å²) < 4.78 is 1.72. The van der Waals surface area contributed by atoms with Gasteiger partial charge in [-0.25, -0.2) is 4.79 Å². The monoisotopic (exact) mass is 242 g/mol. The highest BCUT2D eigenvalue weighted by atomic mass is 16.4. The molecule has 0 unspecified atom stereocenters. The Balaban J connectivity index is 2.50. The fourth-order valence-corrected chi connectivity index (χ4v) is 1.70. The second-order valence-electron chi connectivity index (χ2n) is 4.04. The smallest absolute Gasteiger partial charge is 0.336 e. The molecule has 0 spiro atoms. The van der Waals surface area contributed by atoms with Gasteiger partial charge in [-0.1, -0.05) is 30.3 Å². The molecule has 4 heteroatoms. The number of hydrogen-bond acceptors (Lipinski definition) is 2. The van der Waals surface area contributed by atoms with E-state index in [1.165, 1.54) is 0 Å². The molecule has 1 N–H and O–H groups in total. The lowest BCUT2D eigenvalue weighted by molar-refractivity contribution is -0.130. The largest absolute Gasteiger partial charge is 0.478 e. The first-order chi connectivity index (χ1) is 8.59. The summed E-state index contributed by atoms with van der Waals surface area (Å²) in [5.41, 5.74) is 2.71. The van der Waals surface area contributed by atoms with Crippen molar-refractivity contribution in [1.82, 2.24) is 9.78 Å². The van der Waals surface area contributed by atoms with Gasteiger partial charge >= 0.3 is 5.97 Å². The molecule has 2 rings (SSSR count). The molecule has 1 aromatic heterocycles. The van der Waals surface area contributed by atoms with Gasteiger partial charge in [0.05, 0.1) is 11.8 Å². The predicted octanol–water partition coefficient (Wildman–Crippen LogP) is 2.35. The van der Waals surface area contributed by atoms with Gasteiger partial charge < -0.3 is 5.11 Å². The van der Waals surface area contributed by atoms with Crippen molar-refractivity contribution >= 4 is 17.6 Å². The number of benzene rings is 1. The van der Waals surface area contributed by atoms with Crippen LogP contribution in [0.2, 0.25) is 0 Å². The van der Waals surface area contributed by atoms with Crippen LogP contribution in [-0.4, -0.2) is 20.9 Å².